The van der Waals surface area contributed by atoms with Crippen LogP contribution in [0.5, 0.6) is 0 Å². The van der Waals surface area contributed by atoms with Gasteiger partial charge in [0.05, 0.1) is 9.11 Å². The summed E-state index contributed by atoms with van der Waals surface area (Å²) >= 11 is 7.90. The molecule has 0 atom stereocenters. The molecule has 0 unspecified atom stereocenters. The van der Waals surface area contributed by atoms with Gasteiger partial charge >= 0.3 is 0 Å². The minimum absolute atomic E-state index is 0.199. The van der Waals surface area contributed by atoms with Crippen LogP contribution in [0.3, 0.4) is 0 Å². The summed E-state index contributed by atoms with van der Waals surface area (Å²) in [7, 11) is 0. The highest BCUT2D eigenvalue weighted by Gasteiger charge is 2.32. The second kappa shape index (κ2) is 5.48. The molecule has 1 fully saturated rings. The first kappa shape index (κ1) is 13.0. The van der Waals surface area contributed by atoms with Crippen LogP contribution in [-0.4, -0.2) is 21.8 Å². The molecule has 17 heavy (non-hydrogen) atoms. The number of hydrogen-bond acceptors (Lipinski definition) is 4. The molecule has 2 rings (SSSR count). The number of aromatic nitrogens is 2. The molecule has 1 aromatic heterocycles. The monoisotopic (exact) mass is 365 g/mol. The molecular weight excluding hydrogens is 352 g/mol. The molecular formula is C11H13ClIN3O. The third-order valence-corrected chi connectivity index (χ3v) is 4.02. The van der Waals surface area contributed by atoms with Gasteiger partial charge in [0.25, 0.3) is 0 Å². The Kier molecular flexibility index (Phi) is 4.19. The van der Waals surface area contributed by atoms with Gasteiger partial charge in [-0.3, -0.25) is 0 Å². The number of anilines is 1. The summed E-state index contributed by atoms with van der Waals surface area (Å²) in [6.07, 6.45) is 7.71. The standard InChI is InChI=1S/C11H13ClIN3O/c12-10-14-6-8(13)9(15-10)16-11(7-17)4-2-1-3-5-11/h6-7H,1-5H2,(H,14,15,16). The fourth-order valence-corrected chi connectivity index (χ4v) is 2.65. The first-order valence-corrected chi connectivity index (χ1v) is 7.03. The molecule has 0 aromatic carbocycles. The molecule has 92 valence electrons. The molecule has 0 amide bonds. The quantitative estimate of drug-likeness (QED) is 0.508. The molecule has 6 heteroatoms. The number of hydrogen-bond donors (Lipinski definition) is 1. The molecule has 1 aromatic rings. The maximum absolute atomic E-state index is 11.3. The van der Waals surface area contributed by atoms with Crippen molar-refractivity contribution in [2.45, 2.75) is 37.6 Å². The predicted molar refractivity (Wildman–Crippen MR) is 75.3 cm³/mol. The molecule has 1 saturated carbocycles. The van der Waals surface area contributed by atoms with Gasteiger partial charge in [0, 0.05) is 6.20 Å². The van der Waals surface area contributed by atoms with E-state index in [9.17, 15) is 4.79 Å². The highest BCUT2D eigenvalue weighted by Crippen LogP contribution is 2.31. The van der Waals surface area contributed by atoms with Crippen molar-refractivity contribution in [1.29, 1.82) is 0 Å². The van der Waals surface area contributed by atoms with E-state index in [4.69, 9.17) is 11.6 Å². The van der Waals surface area contributed by atoms with Crippen LogP contribution in [0.1, 0.15) is 32.1 Å². The van der Waals surface area contributed by atoms with Gasteiger partial charge in [-0.15, -0.1) is 0 Å². The Morgan fingerprint density at radius 3 is 2.76 bits per heavy atom. The highest BCUT2D eigenvalue weighted by molar-refractivity contribution is 14.1. The van der Waals surface area contributed by atoms with E-state index >= 15 is 0 Å². The summed E-state index contributed by atoms with van der Waals surface area (Å²) in [6.45, 7) is 0. The van der Waals surface area contributed by atoms with Crippen LogP contribution in [0, 0.1) is 3.57 Å². The topological polar surface area (TPSA) is 54.9 Å². The maximum atomic E-state index is 11.3. The lowest BCUT2D eigenvalue weighted by molar-refractivity contribution is -0.112. The van der Waals surface area contributed by atoms with Crippen molar-refractivity contribution in [2.24, 2.45) is 0 Å². The van der Waals surface area contributed by atoms with E-state index in [0.29, 0.717) is 5.82 Å². The Labute approximate surface area is 119 Å². The number of carbonyl (C=O) groups is 1. The van der Waals surface area contributed by atoms with Crippen molar-refractivity contribution in [3.63, 3.8) is 0 Å². The summed E-state index contributed by atoms with van der Waals surface area (Å²) < 4.78 is 0.874. The number of nitrogens with zero attached hydrogens (tertiary/aromatic N) is 2. The smallest absolute Gasteiger partial charge is 0.224 e. The van der Waals surface area contributed by atoms with Gasteiger partial charge in [-0.25, -0.2) is 4.98 Å². The van der Waals surface area contributed by atoms with Gasteiger partial charge in [0.2, 0.25) is 5.28 Å². The first-order valence-electron chi connectivity index (χ1n) is 5.58. The molecule has 0 aliphatic heterocycles. The summed E-state index contributed by atoms with van der Waals surface area (Å²) in [5.74, 6) is 0.652. The second-order valence-electron chi connectivity index (χ2n) is 4.30. The fraction of sp³-hybridized carbons (Fsp3) is 0.545. The van der Waals surface area contributed by atoms with E-state index < -0.39 is 5.54 Å². The van der Waals surface area contributed by atoms with Gasteiger partial charge in [-0.1, -0.05) is 19.3 Å². The molecule has 1 aliphatic rings. The molecule has 0 radical (unpaired) electrons. The Bertz CT molecular complexity index is 421. The summed E-state index contributed by atoms with van der Waals surface area (Å²) in [6, 6.07) is 0. The summed E-state index contributed by atoms with van der Waals surface area (Å²) in [4.78, 5) is 19.4. The zero-order chi connectivity index (χ0) is 12.3. The van der Waals surface area contributed by atoms with Crippen LogP contribution in [0.15, 0.2) is 6.20 Å². The maximum Gasteiger partial charge on any atom is 0.224 e. The number of carbonyl (C=O) groups excluding carboxylic acids is 1. The van der Waals surface area contributed by atoms with Gasteiger partial charge in [-0.05, 0) is 47.0 Å². The van der Waals surface area contributed by atoms with Gasteiger partial charge in [0.1, 0.15) is 12.1 Å². The van der Waals surface area contributed by atoms with E-state index in [1.807, 2.05) is 0 Å². The number of halogens is 2. The van der Waals surface area contributed by atoms with Gasteiger partial charge < -0.3 is 10.1 Å². The zero-order valence-corrected chi connectivity index (χ0v) is 12.2. The number of rotatable bonds is 3. The minimum Gasteiger partial charge on any atom is -0.357 e. The summed E-state index contributed by atoms with van der Waals surface area (Å²) in [5.41, 5.74) is -0.476. The van der Waals surface area contributed by atoms with Crippen molar-refractivity contribution < 1.29 is 4.79 Å². The van der Waals surface area contributed by atoms with Crippen molar-refractivity contribution in [3.05, 3.63) is 15.1 Å². The third-order valence-electron chi connectivity index (χ3n) is 3.05. The molecule has 0 saturated heterocycles. The predicted octanol–water partition coefficient (Wildman–Crippen LogP) is 3.05. The number of aldehydes is 1. The van der Waals surface area contributed by atoms with Crippen LogP contribution in [0.25, 0.3) is 0 Å². The SMILES string of the molecule is O=CC1(Nc2nc(Cl)ncc2I)CCCCC1. The second-order valence-corrected chi connectivity index (χ2v) is 5.80. The Morgan fingerprint density at radius 2 is 2.12 bits per heavy atom. The van der Waals surface area contributed by atoms with Crippen molar-refractivity contribution in [3.8, 4) is 0 Å². The highest BCUT2D eigenvalue weighted by atomic mass is 127. The lowest BCUT2D eigenvalue weighted by Gasteiger charge is -2.33. The van der Waals surface area contributed by atoms with E-state index in [0.717, 1.165) is 35.5 Å². The van der Waals surface area contributed by atoms with E-state index in [1.165, 1.54) is 6.42 Å². The van der Waals surface area contributed by atoms with Gasteiger partial charge in [0.15, 0.2) is 0 Å². The average molecular weight is 366 g/mol. The molecule has 0 spiro atoms. The minimum atomic E-state index is -0.476. The Balaban J connectivity index is 2.22. The van der Waals surface area contributed by atoms with Crippen LogP contribution >= 0.6 is 34.2 Å². The molecule has 0 bridgehead atoms. The lowest BCUT2D eigenvalue weighted by Crippen LogP contribution is -2.42. The third kappa shape index (κ3) is 3.07. The fourth-order valence-electron chi connectivity index (χ4n) is 2.12. The Morgan fingerprint density at radius 1 is 1.41 bits per heavy atom. The molecule has 1 heterocycles. The lowest BCUT2D eigenvalue weighted by atomic mass is 9.83. The Hall–Kier alpha value is -0.430. The van der Waals surface area contributed by atoms with Crippen LogP contribution in [0.4, 0.5) is 5.82 Å². The van der Waals surface area contributed by atoms with Crippen LogP contribution in [0.2, 0.25) is 5.28 Å². The van der Waals surface area contributed by atoms with Crippen molar-refractivity contribution >= 4 is 46.3 Å². The largest absolute Gasteiger partial charge is 0.357 e. The zero-order valence-electron chi connectivity index (χ0n) is 9.25. The van der Waals surface area contributed by atoms with Crippen molar-refractivity contribution in [1.82, 2.24) is 9.97 Å². The van der Waals surface area contributed by atoms with Crippen LogP contribution < -0.4 is 5.32 Å². The van der Waals surface area contributed by atoms with Gasteiger partial charge in [-0.2, -0.15) is 4.98 Å². The van der Waals surface area contributed by atoms with E-state index in [2.05, 4.69) is 37.9 Å². The van der Waals surface area contributed by atoms with E-state index in [-0.39, 0.29) is 5.28 Å². The number of nitrogens with one attached hydrogen (secondary N) is 1. The molecule has 1 aliphatic carbocycles. The molecule has 1 N–H and O–H groups in total. The average Bonchev–Trinajstić information content (AvgIpc) is 2.35. The van der Waals surface area contributed by atoms with Crippen molar-refractivity contribution in [2.75, 3.05) is 5.32 Å². The van der Waals surface area contributed by atoms with E-state index in [1.54, 1.807) is 6.20 Å². The first-order chi connectivity index (χ1) is 8.15. The van der Waals surface area contributed by atoms with Crippen LogP contribution in [-0.2, 0) is 4.79 Å². The molecule has 4 nitrogen and oxygen atoms in total. The normalized spacial score (nSPS) is 18.7. The summed E-state index contributed by atoms with van der Waals surface area (Å²) in [5, 5.41) is 3.44.